The van der Waals surface area contributed by atoms with Crippen molar-refractivity contribution in [3.63, 3.8) is 0 Å². The molecule has 0 aromatic heterocycles. The van der Waals surface area contributed by atoms with E-state index in [0.29, 0.717) is 0 Å². The molecule has 1 aromatic carbocycles. The predicted molar refractivity (Wildman–Crippen MR) is 107 cm³/mol. The van der Waals surface area contributed by atoms with E-state index >= 15 is 0 Å². The molecule has 140 valence electrons. The van der Waals surface area contributed by atoms with E-state index < -0.39 is 0 Å². The number of likely N-dealkylation sites (tertiary alicyclic amines) is 1. The van der Waals surface area contributed by atoms with Gasteiger partial charge in [-0.3, -0.25) is 4.90 Å². The molecule has 25 heavy (non-hydrogen) atoms. The monoisotopic (exact) mass is 343 g/mol. The smallest absolute Gasteiger partial charge is 0.0234 e. The molecule has 0 bridgehead atoms. The van der Waals surface area contributed by atoms with Gasteiger partial charge >= 0.3 is 0 Å². The minimum absolute atomic E-state index is 0.924. The highest BCUT2D eigenvalue weighted by atomic mass is 15.2. The first-order valence-electron chi connectivity index (χ1n) is 10.5. The van der Waals surface area contributed by atoms with Crippen LogP contribution in [0.5, 0.6) is 0 Å². The lowest BCUT2D eigenvalue weighted by atomic mass is 9.89. The first kappa shape index (κ1) is 18.9. The van der Waals surface area contributed by atoms with Crippen LogP contribution >= 0.6 is 0 Å². The Balaban J connectivity index is 1.58. The fraction of sp³-hybridized carbons (Fsp3) is 0.727. The van der Waals surface area contributed by atoms with Crippen molar-refractivity contribution < 1.29 is 0 Å². The second-order valence-electron chi connectivity index (χ2n) is 8.14. The van der Waals surface area contributed by atoms with Gasteiger partial charge in [0.25, 0.3) is 0 Å². The summed E-state index contributed by atoms with van der Waals surface area (Å²) in [5.41, 5.74) is 2.88. The minimum atomic E-state index is 0.924. The van der Waals surface area contributed by atoms with Crippen molar-refractivity contribution >= 4 is 0 Å². The van der Waals surface area contributed by atoms with E-state index in [0.717, 1.165) is 19.0 Å². The fourth-order valence-electron chi connectivity index (χ4n) is 4.56. The summed E-state index contributed by atoms with van der Waals surface area (Å²) >= 11 is 0. The lowest BCUT2D eigenvalue weighted by Crippen LogP contribution is -2.36. The molecule has 2 fully saturated rings. The van der Waals surface area contributed by atoms with Crippen LogP contribution in [0.15, 0.2) is 24.3 Å². The zero-order valence-electron chi connectivity index (χ0n) is 16.2. The van der Waals surface area contributed by atoms with Crippen molar-refractivity contribution in [2.24, 2.45) is 5.92 Å². The number of nitrogens with one attached hydrogen (secondary N) is 1. The molecule has 1 aliphatic heterocycles. The third kappa shape index (κ3) is 6.40. The molecule has 1 aliphatic carbocycles. The van der Waals surface area contributed by atoms with E-state index in [1.54, 1.807) is 0 Å². The van der Waals surface area contributed by atoms with Crippen LogP contribution in [0.25, 0.3) is 0 Å². The van der Waals surface area contributed by atoms with Crippen molar-refractivity contribution in [3.05, 3.63) is 35.4 Å². The number of nitrogens with zero attached hydrogens (tertiary/aromatic N) is 2. The van der Waals surface area contributed by atoms with E-state index in [4.69, 9.17) is 0 Å². The predicted octanol–water partition coefficient (Wildman–Crippen LogP) is 3.88. The van der Waals surface area contributed by atoms with Crippen LogP contribution in [0, 0.1) is 5.92 Å². The Hall–Kier alpha value is -0.900. The Morgan fingerprint density at radius 3 is 2.56 bits per heavy atom. The molecule has 0 spiro atoms. The minimum Gasteiger partial charge on any atom is -0.316 e. The van der Waals surface area contributed by atoms with Crippen molar-refractivity contribution in [1.29, 1.82) is 0 Å². The average Bonchev–Trinajstić information content (AvgIpc) is 3.15. The number of benzene rings is 1. The largest absolute Gasteiger partial charge is 0.316 e. The van der Waals surface area contributed by atoms with Crippen molar-refractivity contribution in [3.8, 4) is 0 Å². The van der Waals surface area contributed by atoms with Gasteiger partial charge < -0.3 is 10.2 Å². The summed E-state index contributed by atoms with van der Waals surface area (Å²) < 4.78 is 0. The molecule has 0 radical (unpaired) electrons. The van der Waals surface area contributed by atoms with Crippen LogP contribution in [0.1, 0.15) is 56.1 Å². The Kier molecular flexibility index (Phi) is 7.78. The molecular weight excluding hydrogens is 306 g/mol. The second-order valence-corrected chi connectivity index (χ2v) is 8.14. The molecule has 1 N–H and O–H groups in total. The Bertz CT molecular complexity index is 490. The summed E-state index contributed by atoms with van der Waals surface area (Å²) in [5.74, 6) is 0.924. The maximum Gasteiger partial charge on any atom is 0.0234 e. The van der Waals surface area contributed by atoms with E-state index in [9.17, 15) is 0 Å². The standard InChI is InChI=1S/C22H37N3/c1-23-17-21-10-7-11-22(16-21)19-25(15-14-24-12-5-6-13-24)18-20-8-3-2-4-9-20/h7,10-11,16,20,23H,2-6,8-9,12-15,17-19H2,1H3. The van der Waals surface area contributed by atoms with Gasteiger partial charge in [-0.2, -0.15) is 0 Å². The number of hydrogen-bond acceptors (Lipinski definition) is 3. The van der Waals surface area contributed by atoms with E-state index in [2.05, 4.69) is 39.4 Å². The molecule has 2 aliphatic rings. The van der Waals surface area contributed by atoms with Crippen LogP contribution < -0.4 is 5.32 Å². The van der Waals surface area contributed by atoms with Gasteiger partial charge in [-0.1, -0.05) is 43.5 Å². The molecule has 3 heteroatoms. The molecule has 0 unspecified atom stereocenters. The summed E-state index contributed by atoms with van der Waals surface area (Å²) in [7, 11) is 2.03. The normalized spacial score (nSPS) is 19.8. The number of hydrogen-bond donors (Lipinski definition) is 1. The number of rotatable bonds is 9. The van der Waals surface area contributed by atoms with Gasteiger partial charge in [0.2, 0.25) is 0 Å². The molecule has 1 saturated heterocycles. The van der Waals surface area contributed by atoms with Crippen molar-refractivity contribution in [2.75, 3.05) is 39.8 Å². The third-order valence-electron chi connectivity index (χ3n) is 5.95. The SMILES string of the molecule is CNCc1cccc(CN(CCN2CCCC2)CC2CCCCC2)c1. The van der Waals surface area contributed by atoms with E-state index in [1.807, 2.05) is 7.05 Å². The molecular formula is C22H37N3. The molecule has 0 amide bonds. The maximum absolute atomic E-state index is 3.27. The van der Waals surface area contributed by atoms with E-state index in [-0.39, 0.29) is 0 Å². The van der Waals surface area contributed by atoms with Crippen LogP contribution in [0.4, 0.5) is 0 Å². The third-order valence-corrected chi connectivity index (χ3v) is 5.95. The first-order valence-corrected chi connectivity index (χ1v) is 10.5. The van der Waals surface area contributed by atoms with Gasteiger partial charge in [-0.05, 0) is 62.9 Å². The van der Waals surface area contributed by atoms with Gasteiger partial charge in [0.15, 0.2) is 0 Å². The van der Waals surface area contributed by atoms with Gasteiger partial charge in [0.05, 0.1) is 0 Å². The van der Waals surface area contributed by atoms with Gasteiger partial charge in [0, 0.05) is 32.7 Å². The summed E-state index contributed by atoms with van der Waals surface area (Å²) in [6.07, 6.45) is 10.0. The molecule has 3 nitrogen and oxygen atoms in total. The Labute approximate surface area is 154 Å². The molecule has 1 heterocycles. The van der Waals surface area contributed by atoms with Gasteiger partial charge in [0.1, 0.15) is 0 Å². The summed E-state index contributed by atoms with van der Waals surface area (Å²) in [6, 6.07) is 9.15. The summed E-state index contributed by atoms with van der Waals surface area (Å²) in [4.78, 5) is 5.40. The zero-order valence-corrected chi connectivity index (χ0v) is 16.2. The highest BCUT2D eigenvalue weighted by molar-refractivity contribution is 5.23. The summed E-state index contributed by atoms with van der Waals surface area (Å²) in [5, 5.41) is 3.27. The van der Waals surface area contributed by atoms with Crippen molar-refractivity contribution in [1.82, 2.24) is 15.1 Å². The Morgan fingerprint density at radius 2 is 1.80 bits per heavy atom. The first-order chi connectivity index (χ1) is 12.3. The zero-order chi connectivity index (χ0) is 17.3. The topological polar surface area (TPSA) is 18.5 Å². The highest BCUT2D eigenvalue weighted by Crippen LogP contribution is 2.25. The van der Waals surface area contributed by atoms with Gasteiger partial charge in [-0.25, -0.2) is 0 Å². The second kappa shape index (κ2) is 10.3. The molecule has 3 rings (SSSR count). The average molecular weight is 344 g/mol. The highest BCUT2D eigenvalue weighted by Gasteiger charge is 2.19. The summed E-state index contributed by atoms with van der Waals surface area (Å²) in [6.45, 7) is 8.48. The lowest BCUT2D eigenvalue weighted by Gasteiger charge is -2.31. The Morgan fingerprint density at radius 1 is 1.04 bits per heavy atom. The van der Waals surface area contributed by atoms with Crippen LogP contribution in [-0.4, -0.2) is 49.6 Å². The van der Waals surface area contributed by atoms with Crippen molar-refractivity contribution in [2.45, 2.75) is 58.0 Å². The maximum atomic E-state index is 3.27. The molecule has 1 saturated carbocycles. The lowest BCUT2D eigenvalue weighted by molar-refractivity contribution is 0.172. The van der Waals surface area contributed by atoms with Crippen LogP contribution in [0.3, 0.4) is 0 Å². The van der Waals surface area contributed by atoms with Crippen LogP contribution in [0.2, 0.25) is 0 Å². The fourth-order valence-corrected chi connectivity index (χ4v) is 4.56. The molecule has 0 atom stereocenters. The molecule has 1 aromatic rings. The van der Waals surface area contributed by atoms with Gasteiger partial charge in [-0.15, -0.1) is 0 Å². The van der Waals surface area contributed by atoms with E-state index in [1.165, 1.54) is 88.8 Å². The van der Waals surface area contributed by atoms with Crippen LogP contribution in [-0.2, 0) is 13.1 Å². The quantitative estimate of drug-likeness (QED) is 0.734.